The van der Waals surface area contributed by atoms with E-state index >= 15 is 0 Å². The molecule has 0 aliphatic heterocycles. The Morgan fingerprint density at radius 2 is 2.41 bits per heavy atom. The number of hydrogen-bond acceptors (Lipinski definition) is 5. The molecule has 0 unspecified atom stereocenters. The van der Waals surface area contributed by atoms with Crippen LogP contribution in [0.5, 0.6) is 0 Å². The fourth-order valence-electron chi connectivity index (χ4n) is 1.58. The summed E-state index contributed by atoms with van der Waals surface area (Å²) < 4.78 is 4.98. The van der Waals surface area contributed by atoms with E-state index in [1.165, 1.54) is 17.5 Å². The number of pyridine rings is 1. The first-order valence-corrected chi connectivity index (χ1v) is 6.04. The normalized spacial score (nSPS) is 10.5. The standard InChI is InChI=1S/C12H12N2O2S/c1-4-8-9(12(15)16-5-2)6-13-11-10(8)14-7(3)17-11/h4,6H,1,5H2,2-3H3. The lowest BCUT2D eigenvalue weighted by atomic mass is 10.1. The van der Waals surface area contributed by atoms with Crippen molar-refractivity contribution in [2.24, 2.45) is 0 Å². The molecule has 0 saturated carbocycles. The van der Waals surface area contributed by atoms with Crippen LogP contribution in [0.25, 0.3) is 16.4 Å². The average molecular weight is 248 g/mol. The SMILES string of the molecule is C=Cc1c(C(=O)OCC)cnc2sc(C)nc12. The van der Waals surface area contributed by atoms with Crippen LogP contribution in [-0.2, 0) is 4.74 Å². The third kappa shape index (κ3) is 2.06. The molecule has 88 valence electrons. The van der Waals surface area contributed by atoms with E-state index in [0.717, 1.165) is 9.84 Å². The fourth-order valence-corrected chi connectivity index (χ4v) is 2.35. The predicted octanol–water partition coefficient (Wildman–Crippen LogP) is 2.82. The van der Waals surface area contributed by atoms with Crippen LogP contribution in [0.3, 0.4) is 0 Å². The molecule has 0 bridgehead atoms. The minimum Gasteiger partial charge on any atom is -0.462 e. The van der Waals surface area contributed by atoms with Gasteiger partial charge in [-0.05, 0) is 13.8 Å². The molecule has 0 atom stereocenters. The maximum Gasteiger partial charge on any atom is 0.340 e. The van der Waals surface area contributed by atoms with E-state index in [-0.39, 0.29) is 5.97 Å². The molecule has 0 spiro atoms. The van der Waals surface area contributed by atoms with Crippen LogP contribution in [0.15, 0.2) is 12.8 Å². The van der Waals surface area contributed by atoms with E-state index in [1.54, 1.807) is 13.0 Å². The Labute approximate surface area is 103 Å². The summed E-state index contributed by atoms with van der Waals surface area (Å²) in [6.07, 6.45) is 3.14. The molecule has 2 rings (SSSR count). The number of hydrogen-bond donors (Lipinski definition) is 0. The molecule has 0 amide bonds. The van der Waals surface area contributed by atoms with E-state index in [4.69, 9.17) is 4.74 Å². The van der Waals surface area contributed by atoms with Crippen LogP contribution in [-0.4, -0.2) is 22.5 Å². The summed E-state index contributed by atoms with van der Waals surface area (Å²) >= 11 is 1.49. The van der Waals surface area contributed by atoms with E-state index < -0.39 is 0 Å². The highest BCUT2D eigenvalue weighted by Crippen LogP contribution is 2.26. The topological polar surface area (TPSA) is 52.1 Å². The van der Waals surface area contributed by atoms with Crippen molar-refractivity contribution in [2.45, 2.75) is 13.8 Å². The van der Waals surface area contributed by atoms with Gasteiger partial charge in [-0.1, -0.05) is 24.0 Å². The number of nitrogens with zero attached hydrogens (tertiary/aromatic N) is 2. The van der Waals surface area contributed by atoms with Crippen molar-refractivity contribution >= 4 is 33.7 Å². The summed E-state index contributed by atoms with van der Waals surface area (Å²) in [6.45, 7) is 7.73. The van der Waals surface area contributed by atoms with Crippen LogP contribution in [0, 0.1) is 6.92 Å². The van der Waals surface area contributed by atoms with Crippen molar-refractivity contribution in [3.05, 3.63) is 28.9 Å². The molecular weight excluding hydrogens is 236 g/mol. The third-order valence-electron chi connectivity index (χ3n) is 2.27. The Kier molecular flexibility index (Phi) is 3.19. The van der Waals surface area contributed by atoms with E-state index in [2.05, 4.69) is 16.5 Å². The van der Waals surface area contributed by atoms with Crippen LogP contribution in [0.1, 0.15) is 27.9 Å². The molecule has 0 aliphatic carbocycles. The highest BCUT2D eigenvalue weighted by molar-refractivity contribution is 7.18. The second-order valence-corrected chi connectivity index (χ2v) is 4.58. The quantitative estimate of drug-likeness (QED) is 0.784. The molecule has 2 aromatic rings. The maximum atomic E-state index is 11.7. The molecule has 0 N–H and O–H groups in total. The zero-order chi connectivity index (χ0) is 12.4. The van der Waals surface area contributed by atoms with Gasteiger partial charge in [-0.25, -0.2) is 14.8 Å². The maximum absolute atomic E-state index is 11.7. The Morgan fingerprint density at radius 3 is 3.06 bits per heavy atom. The molecule has 0 saturated heterocycles. The molecule has 0 aliphatic rings. The molecule has 2 aromatic heterocycles. The average Bonchev–Trinajstić information content (AvgIpc) is 2.68. The number of thiazole rings is 1. The van der Waals surface area contributed by atoms with Gasteiger partial charge in [0.15, 0.2) is 0 Å². The molecule has 0 fully saturated rings. The van der Waals surface area contributed by atoms with Crippen LogP contribution in [0.2, 0.25) is 0 Å². The number of aryl methyl sites for hydroxylation is 1. The van der Waals surface area contributed by atoms with Gasteiger partial charge in [-0.3, -0.25) is 0 Å². The van der Waals surface area contributed by atoms with Gasteiger partial charge >= 0.3 is 5.97 Å². The highest BCUT2D eigenvalue weighted by Gasteiger charge is 2.16. The molecule has 4 nitrogen and oxygen atoms in total. The van der Waals surface area contributed by atoms with Gasteiger partial charge in [-0.2, -0.15) is 0 Å². The Morgan fingerprint density at radius 1 is 1.65 bits per heavy atom. The summed E-state index contributed by atoms with van der Waals surface area (Å²) in [7, 11) is 0. The van der Waals surface area contributed by atoms with Crippen LogP contribution < -0.4 is 0 Å². The Hall–Kier alpha value is -1.75. The highest BCUT2D eigenvalue weighted by atomic mass is 32.1. The molecule has 0 aromatic carbocycles. The number of esters is 1. The van der Waals surface area contributed by atoms with Gasteiger partial charge in [0.2, 0.25) is 0 Å². The van der Waals surface area contributed by atoms with E-state index in [1.807, 2.05) is 6.92 Å². The number of fused-ring (bicyclic) bond motifs is 1. The van der Waals surface area contributed by atoms with E-state index in [0.29, 0.717) is 23.3 Å². The first-order valence-electron chi connectivity index (χ1n) is 5.23. The lowest BCUT2D eigenvalue weighted by Crippen LogP contribution is -2.07. The van der Waals surface area contributed by atoms with Crippen molar-refractivity contribution in [1.82, 2.24) is 9.97 Å². The monoisotopic (exact) mass is 248 g/mol. The van der Waals surface area contributed by atoms with Crippen LogP contribution >= 0.6 is 11.3 Å². The fraction of sp³-hybridized carbons (Fsp3) is 0.250. The van der Waals surface area contributed by atoms with Crippen molar-refractivity contribution in [2.75, 3.05) is 6.61 Å². The van der Waals surface area contributed by atoms with Gasteiger partial charge in [0.25, 0.3) is 0 Å². The minimum atomic E-state index is -0.387. The number of carbonyl (C=O) groups excluding carboxylic acids is 1. The lowest BCUT2D eigenvalue weighted by molar-refractivity contribution is 0.0526. The Bertz CT molecular complexity index is 589. The molecule has 17 heavy (non-hydrogen) atoms. The van der Waals surface area contributed by atoms with Crippen molar-refractivity contribution in [3.8, 4) is 0 Å². The molecule has 0 radical (unpaired) electrons. The molecular formula is C12H12N2O2S. The number of ether oxygens (including phenoxy) is 1. The number of aromatic nitrogens is 2. The lowest BCUT2D eigenvalue weighted by Gasteiger charge is -2.05. The largest absolute Gasteiger partial charge is 0.462 e. The van der Waals surface area contributed by atoms with Crippen molar-refractivity contribution in [3.63, 3.8) is 0 Å². The van der Waals surface area contributed by atoms with Crippen molar-refractivity contribution in [1.29, 1.82) is 0 Å². The summed E-state index contributed by atoms with van der Waals surface area (Å²) in [4.78, 5) is 21.1. The van der Waals surface area contributed by atoms with Crippen molar-refractivity contribution < 1.29 is 9.53 Å². The molecule has 2 heterocycles. The first kappa shape index (κ1) is 11.7. The van der Waals surface area contributed by atoms with Gasteiger partial charge in [0.1, 0.15) is 10.3 Å². The smallest absolute Gasteiger partial charge is 0.340 e. The van der Waals surface area contributed by atoms with Gasteiger partial charge < -0.3 is 4.74 Å². The van der Waals surface area contributed by atoms with Gasteiger partial charge in [0.05, 0.1) is 17.2 Å². The molecule has 5 heteroatoms. The van der Waals surface area contributed by atoms with E-state index in [9.17, 15) is 4.79 Å². The number of carbonyl (C=O) groups is 1. The third-order valence-corrected chi connectivity index (χ3v) is 3.15. The Balaban J connectivity index is 2.64. The summed E-state index contributed by atoms with van der Waals surface area (Å²) in [5.74, 6) is -0.387. The van der Waals surface area contributed by atoms with Gasteiger partial charge in [-0.15, -0.1) is 0 Å². The predicted molar refractivity (Wildman–Crippen MR) is 68.2 cm³/mol. The van der Waals surface area contributed by atoms with Gasteiger partial charge in [0, 0.05) is 11.8 Å². The zero-order valence-corrected chi connectivity index (χ0v) is 10.5. The zero-order valence-electron chi connectivity index (χ0n) is 9.69. The van der Waals surface area contributed by atoms with Crippen LogP contribution in [0.4, 0.5) is 0 Å². The minimum absolute atomic E-state index is 0.337. The second kappa shape index (κ2) is 4.63. The number of rotatable bonds is 3. The summed E-state index contributed by atoms with van der Waals surface area (Å²) in [6, 6.07) is 0. The summed E-state index contributed by atoms with van der Waals surface area (Å²) in [5, 5.41) is 0.914. The summed E-state index contributed by atoms with van der Waals surface area (Å²) in [5.41, 5.74) is 1.82. The second-order valence-electron chi connectivity index (χ2n) is 3.40. The first-order chi connectivity index (χ1) is 8.17.